The van der Waals surface area contributed by atoms with E-state index in [9.17, 15) is 4.79 Å². The maximum atomic E-state index is 11.6. The van der Waals surface area contributed by atoms with Crippen molar-refractivity contribution in [3.05, 3.63) is 0 Å². The fraction of sp³-hybridized carbons (Fsp3) is 0.923. The maximum Gasteiger partial charge on any atom is 0.323 e. The summed E-state index contributed by atoms with van der Waals surface area (Å²) in [7, 11) is 1.82. The second-order valence-electron chi connectivity index (χ2n) is 4.93. The third kappa shape index (κ3) is 5.04. The molecule has 0 aromatic rings. The normalized spacial score (nSPS) is 23.4. The van der Waals surface area contributed by atoms with Crippen LogP contribution in [-0.2, 0) is 9.53 Å². The lowest BCUT2D eigenvalue weighted by Gasteiger charge is -2.31. The van der Waals surface area contributed by atoms with Crippen LogP contribution in [0.25, 0.3) is 0 Å². The van der Waals surface area contributed by atoms with Gasteiger partial charge in [-0.15, -0.1) is 0 Å². The van der Waals surface area contributed by atoms with Gasteiger partial charge in [-0.1, -0.05) is 6.92 Å². The minimum Gasteiger partial charge on any atom is -0.465 e. The van der Waals surface area contributed by atoms with Gasteiger partial charge in [0.2, 0.25) is 0 Å². The van der Waals surface area contributed by atoms with E-state index in [-0.39, 0.29) is 12.0 Å². The van der Waals surface area contributed by atoms with Crippen LogP contribution in [0.5, 0.6) is 0 Å². The van der Waals surface area contributed by atoms with E-state index in [2.05, 4.69) is 17.1 Å². The van der Waals surface area contributed by atoms with Crippen LogP contribution in [0.2, 0.25) is 0 Å². The van der Waals surface area contributed by atoms with Crippen molar-refractivity contribution in [3.63, 3.8) is 0 Å². The van der Waals surface area contributed by atoms with Crippen LogP contribution in [0.3, 0.4) is 0 Å². The average Bonchev–Trinajstić information content (AvgIpc) is 2.30. The van der Waals surface area contributed by atoms with Crippen molar-refractivity contribution in [2.24, 2.45) is 5.92 Å². The van der Waals surface area contributed by atoms with Crippen molar-refractivity contribution in [1.29, 1.82) is 0 Å². The molecule has 0 aromatic carbocycles. The summed E-state index contributed by atoms with van der Waals surface area (Å²) in [5, 5.41) is 3.04. The Morgan fingerprint density at radius 2 is 2.35 bits per heavy atom. The first kappa shape index (κ1) is 14.5. The van der Waals surface area contributed by atoms with Crippen molar-refractivity contribution in [2.45, 2.75) is 39.2 Å². The fourth-order valence-corrected chi connectivity index (χ4v) is 2.42. The number of ether oxygens (including phenoxy) is 1. The fourth-order valence-electron chi connectivity index (χ4n) is 2.42. The highest BCUT2D eigenvalue weighted by atomic mass is 16.5. The summed E-state index contributed by atoms with van der Waals surface area (Å²) in [5.74, 6) is 0.666. The molecule has 0 aliphatic carbocycles. The Kier molecular flexibility index (Phi) is 6.52. The lowest BCUT2D eigenvalue weighted by molar-refractivity contribution is -0.145. The molecule has 1 aliphatic rings. The minimum atomic E-state index is -0.160. The second-order valence-corrected chi connectivity index (χ2v) is 4.93. The summed E-state index contributed by atoms with van der Waals surface area (Å²) >= 11 is 0. The number of nitrogens with zero attached hydrogens (tertiary/aromatic N) is 1. The van der Waals surface area contributed by atoms with E-state index in [4.69, 9.17) is 4.74 Å². The topological polar surface area (TPSA) is 41.6 Å². The van der Waals surface area contributed by atoms with Gasteiger partial charge in [-0.05, 0) is 45.7 Å². The molecular formula is C13H26N2O2. The van der Waals surface area contributed by atoms with Gasteiger partial charge in [0.1, 0.15) is 6.04 Å². The van der Waals surface area contributed by atoms with Crippen LogP contribution in [0, 0.1) is 5.92 Å². The summed E-state index contributed by atoms with van der Waals surface area (Å²) in [6.07, 6.45) is 3.46. The molecule has 2 unspecified atom stereocenters. The molecule has 0 bridgehead atoms. The van der Waals surface area contributed by atoms with Gasteiger partial charge < -0.3 is 15.0 Å². The van der Waals surface area contributed by atoms with E-state index in [0.717, 1.165) is 18.9 Å². The predicted octanol–water partition coefficient (Wildman–Crippen LogP) is 1.26. The third-order valence-corrected chi connectivity index (χ3v) is 3.39. The van der Waals surface area contributed by atoms with Crippen molar-refractivity contribution in [3.8, 4) is 0 Å². The molecule has 4 nitrogen and oxygen atoms in total. The Bertz CT molecular complexity index is 233. The zero-order valence-electron chi connectivity index (χ0n) is 11.4. The molecule has 0 radical (unpaired) electrons. The van der Waals surface area contributed by atoms with Gasteiger partial charge >= 0.3 is 5.97 Å². The van der Waals surface area contributed by atoms with E-state index < -0.39 is 0 Å². The average molecular weight is 242 g/mol. The summed E-state index contributed by atoms with van der Waals surface area (Å²) < 4.78 is 5.04. The van der Waals surface area contributed by atoms with Gasteiger partial charge in [-0.25, -0.2) is 0 Å². The molecule has 2 atom stereocenters. The van der Waals surface area contributed by atoms with Crippen LogP contribution in [-0.4, -0.2) is 50.2 Å². The molecule has 1 heterocycles. The zero-order chi connectivity index (χ0) is 12.7. The number of rotatable bonds is 6. The van der Waals surface area contributed by atoms with Gasteiger partial charge in [0.05, 0.1) is 6.61 Å². The summed E-state index contributed by atoms with van der Waals surface area (Å²) in [4.78, 5) is 14.1. The minimum absolute atomic E-state index is 0.125. The highest BCUT2D eigenvalue weighted by molar-refractivity contribution is 5.75. The predicted molar refractivity (Wildman–Crippen MR) is 68.9 cm³/mol. The van der Waals surface area contributed by atoms with Crippen LogP contribution >= 0.6 is 0 Å². The SMILES string of the molecule is CCOC(=O)C(CCN1CCCC(C)C1)NC. The summed E-state index contributed by atoms with van der Waals surface area (Å²) in [6, 6.07) is -0.160. The van der Waals surface area contributed by atoms with Crippen LogP contribution in [0.4, 0.5) is 0 Å². The lowest BCUT2D eigenvalue weighted by Crippen LogP contribution is -2.41. The Labute approximate surface area is 105 Å². The highest BCUT2D eigenvalue weighted by Gasteiger charge is 2.21. The van der Waals surface area contributed by atoms with Crippen molar-refractivity contribution < 1.29 is 9.53 Å². The van der Waals surface area contributed by atoms with Crippen LogP contribution in [0.1, 0.15) is 33.1 Å². The summed E-state index contributed by atoms with van der Waals surface area (Å²) in [5.41, 5.74) is 0. The number of likely N-dealkylation sites (tertiary alicyclic amines) is 1. The Morgan fingerprint density at radius 3 is 2.94 bits per heavy atom. The molecule has 1 aliphatic heterocycles. The second kappa shape index (κ2) is 7.67. The Morgan fingerprint density at radius 1 is 1.59 bits per heavy atom. The molecule has 1 N–H and O–H groups in total. The van der Waals surface area contributed by atoms with E-state index in [0.29, 0.717) is 6.61 Å². The van der Waals surface area contributed by atoms with Gasteiger partial charge in [0.25, 0.3) is 0 Å². The number of nitrogens with one attached hydrogen (secondary N) is 1. The molecule has 0 saturated carbocycles. The van der Waals surface area contributed by atoms with E-state index >= 15 is 0 Å². The molecule has 1 fully saturated rings. The molecular weight excluding hydrogens is 216 g/mol. The molecule has 0 spiro atoms. The smallest absolute Gasteiger partial charge is 0.323 e. The lowest BCUT2D eigenvalue weighted by atomic mass is 10.00. The number of carbonyl (C=O) groups is 1. The molecule has 0 aromatic heterocycles. The first-order valence-electron chi connectivity index (χ1n) is 6.73. The number of hydrogen-bond acceptors (Lipinski definition) is 4. The number of hydrogen-bond donors (Lipinski definition) is 1. The number of esters is 1. The Balaban J connectivity index is 2.29. The zero-order valence-corrected chi connectivity index (χ0v) is 11.4. The first-order chi connectivity index (χ1) is 8.17. The highest BCUT2D eigenvalue weighted by Crippen LogP contribution is 2.15. The quantitative estimate of drug-likeness (QED) is 0.712. The van der Waals surface area contributed by atoms with Crippen LogP contribution < -0.4 is 5.32 Å². The third-order valence-electron chi connectivity index (χ3n) is 3.39. The molecule has 1 rings (SSSR count). The number of likely N-dealkylation sites (N-methyl/N-ethyl adjacent to an activating group) is 1. The maximum absolute atomic E-state index is 11.6. The monoisotopic (exact) mass is 242 g/mol. The first-order valence-corrected chi connectivity index (χ1v) is 6.73. The standard InChI is InChI=1S/C13H26N2O2/c1-4-17-13(16)12(14-3)7-9-15-8-5-6-11(2)10-15/h11-12,14H,4-10H2,1-3H3. The van der Waals surface area contributed by atoms with E-state index in [1.54, 1.807) is 0 Å². The summed E-state index contributed by atoms with van der Waals surface area (Å²) in [6.45, 7) is 7.92. The molecule has 1 saturated heterocycles. The van der Waals surface area contributed by atoms with E-state index in [1.807, 2.05) is 14.0 Å². The Hall–Kier alpha value is -0.610. The van der Waals surface area contributed by atoms with Crippen LogP contribution in [0.15, 0.2) is 0 Å². The van der Waals surface area contributed by atoms with Crippen molar-refractivity contribution in [1.82, 2.24) is 10.2 Å². The van der Waals surface area contributed by atoms with Crippen molar-refractivity contribution in [2.75, 3.05) is 33.3 Å². The molecule has 4 heteroatoms. The molecule has 100 valence electrons. The van der Waals surface area contributed by atoms with Gasteiger partial charge in [0, 0.05) is 13.1 Å². The largest absolute Gasteiger partial charge is 0.465 e. The molecule has 17 heavy (non-hydrogen) atoms. The van der Waals surface area contributed by atoms with Gasteiger partial charge in [-0.3, -0.25) is 4.79 Å². The van der Waals surface area contributed by atoms with Crippen molar-refractivity contribution >= 4 is 5.97 Å². The van der Waals surface area contributed by atoms with Gasteiger partial charge in [-0.2, -0.15) is 0 Å². The molecule has 0 amide bonds. The number of piperidine rings is 1. The van der Waals surface area contributed by atoms with E-state index in [1.165, 1.54) is 25.9 Å². The van der Waals surface area contributed by atoms with Gasteiger partial charge in [0.15, 0.2) is 0 Å². The number of carbonyl (C=O) groups excluding carboxylic acids is 1.